The number of carbonyl (C=O) groups is 1. The number of morpholine rings is 1. The van der Waals surface area contributed by atoms with Crippen LogP contribution in [0.3, 0.4) is 0 Å². The number of carboxylic acids is 1. The number of fused-ring (bicyclic) bond motifs is 1. The maximum Gasteiger partial charge on any atom is 0.323 e. The van der Waals surface area contributed by atoms with Gasteiger partial charge in [0.2, 0.25) is 0 Å². The van der Waals surface area contributed by atoms with Crippen molar-refractivity contribution < 1.29 is 14.6 Å². The first kappa shape index (κ1) is 15.7. The molecule has 0 radical (unpaired) electrons. The van der Waals surface area contributed by atoms with E-state index in [1.54, 1.807) is 6.92 Å². The minimum Gasteiger partial charge on any atom is -0.480 e. The molecule has 0 amide bonds. The molecular formula is C15H28N2O3. The van der Waals surface area contributed by atoms with Crippen LogP contribution >= 0.6 is 0 Å². The van der Waals surface area contributed by atoms with Gasteiger partial charge in [0.25, 0.3) is 0 Å². The van der Waals surface area contributed by atoms with Crippen molar-refractivity contribution in [2.75, 3.05) is 19.7 Å². The van der Waals surface area contributed by atoms with Crippen molar-refractivity contribution in [2.24, 2.45) is 0 Å². The lowest BCUT2D eigenvalue weighted by Gasteiger charge is -2.43. The summed E-state index contributed by atoms with van der Waals surface area (Å²) in [6.07, 6.45) is 4.54. The third kappa shape index (κ3) is 3.15. The van der Waals surface area contributed by atoms with Gasteiger partial charge in [-0.25, -0.2) is 0 Å². The molecule has 2 fully saturated rings. The molecule has 0 aromatic carbocycles. The minimum atomic E-state index is -0.847. The molecule has 20 heavy (non-hydrogen) atoms. The lowest BCUT2D eigenvalue weighted by atomic mass is 9.91. The summed E-state index contributed by atoms with van der Waals surface area (Å²) in [5, 5.41) is 12.6. The molecule has 1 heterocycles. The number of nitrogens with one attached hydrogen (secondary N) is 1. The van der Waals surface area contributed by atoms with Crippen LogP contribution in [-0.2, 0) is 9.53 Å². The van der Waals surface area contributed by atoms with Crippen molar-refractivity contribution in [1.29, 1.82) is 0 Å². The number of aliphatic carboxylic acids is 1. The van der Waals surface area contributed by atoms with Crippen molar-refractivity contribution in [3.05, 3.63) is 0 Å². The largest absolute Gasteiger partial charge is 0.480 e. The number of ether oxygens (including phenoxy) is 1. The van der Waals surface area contributed by atoms with Crippen molar-refractivity contribution in [3.8, 4) is 0 Å². The summed E-state index contributed by atoms with van der Waals surface area (Å²) in [4.78, 5) is 14.0. The summed E-state index contributed by atoms with van der Waals surface area (Å²) in [5.74, 6) is -0.762. The smallest absolute Gasteiger partial charge is 0.323 e. The Morgan fingerprint density at radius 1 is 1.55 bits per heavy atom. The Hall–Kier alpha value is -0.650. The molecular weight excluding hydrogens is 256 g/mol. The second kappa shape index (κ2) is 6.41. The number of hydrogen-bond donors (Lipinski definition) is 2. The summed E-state index contributed by atoms with van der Waals surface area (Å²) < 4.78 is 5.83. The van der Waals surface area contributed by atoms with Gasteiger partial charge in [-0.05, 0) is 46.1 Å². The average molecular weight is 284 g/mol. The van der Waals surface area contributed by atoms with Crippen LogP contribution in [0.15, 0.2) is 0 Å². The number of rotatable bonds is 6. The van der Waals surface area contributed by atoms with E-state index in [2.05, 4.69) is 17.1 Å². The quantitative estimate of drug-likeness (QED) is 0.773. The van der Waals surface area contributed by atoms with E-state index in [4.69, 9.17) is 4.74 Å². The number of hydrogen-bond acceptors (Lipinski definition) is 4. The van der Waals surface area contributed by atoms with E-state index in [0.29, 0.717) is 25.1 Å². The second-order valence-corrected chi connectivity index (χ2v) is 6.37. The van der Waals surface area contributed by atoms with Crippen LogP contribution in [0.4, 0.5) is 0 Å². The fraction of sp³-hybridized carbons (Fsp3) is 0.933. The Kier molecular flexibility index (Phi) is 5.04. The standard InChI is InChI=1S/C15H28N2O3/c1-4-16-15(3,14(18)19)10-11(2)17-8-9-20-13-7-5-6-12(13)17/h11-13,16H,4-10H2,1-3H3,(H,18,19). The van der Waals surface area contributed by atoms with Crippen LogP contribution in [-0.4, -0.2) is 59.4 Å². The Labute approximate surface area is 121 Å². The van der Waals surface area contributed by atoms with Gasteiger partial charge in [0.1, 0.15) is 5.54 Å². The predicted octanol–water partition coefficient (Wildman–Crippen LogP) is 1.47. The molecule has 2 rings (SSSR count). The Bertz CT molecular complexity index is 350. The maximum atomic E-state index is 11.6. The number of carboxylic acid groups (broad SMARTS) is 1. The molecule has 0 aromatic rings. The van der Waals surface area contributed by atoms with E-state index < -0.39 is 11.5 Å². The zero-order valence-electron chi connectivity index (χ0n) is 12.9. The Morgan fingerprint density at radius 2 is 2.30 bits per heavy atom. The molecule has 0 bridgehead atoms. The van der Waals surface area contributed by atoms with Crippen LogP contribution < -0.4 is 5.32 Å². The monoisotopic (exact) mass is 284 g/mol. The summed E-state index contributed by atoms with van der Waals surface area (Å²) >= 11 is 0. The molecule has 1 aliphatic carbocycles. The van der Waals surface area contributed by atoms with Gasteiger partial charge in [0.15, 0.2) is 0 Å². The van der Waals surface area contributed by atoms with Crippen LogP contribution in [0.5, 0.6) is 0 Å². The first-order chi connectivity index (χ1) is 9.48. The number of nitrogens with zero attached hydrogens (tertiary/aromatic N) is 1. The van der Waals surface area contributed by atoms with E-state index in [1.807, 2.05) is 6.92 Å². The highest BCUT2D eigenvalue weighted by Gasteiger charge is 2.41. The van der Waals surface area contributed by atoms with Gasteiger partial charge < -0.3 is 15.2 Å². The lowest BCUT2D eigenvalue weighted by Crippen LogP contribution is -2.57. The third-order valence-corrected chi connectivity index (χ3v) is 4.83. The Balaban J connectivity index is 2.02. The topological polar surface area (TPSA) is 61.8 Å². The zero-order valence-corrected chi connectivity index (χ0v) is 12.9. The minimum absolute atomic E-state index is 0.254. The maximum absolute atomic E-state index is 11.6. The molecule has 4 unspecified atom stereocenters. The van der Waals surface area contributed by atoms with E-state index in [-0.39, 0.29) is 6.04 Å². The molecule has 4 atom stereocenters. The molecule has 1 saturated carbocycles. The van der Waals surface area contributed by atoms with Crippen molar-refractivity contribution in [3.63, 3.8) is 0 Å². The van der Waals surface area contributed by atoms with Crippen LogP contribution in [0, 0.1) is 0 Å². The van der Waals surface area contributed by atoms with E-state index in [1.165, 1.54) is 12.8 Å². The van der Waals surface area contributed by atoms with Gasteiger partial charge in [0, 0.05) is 18.6 Å². The molecule has 5 heteroatoms. The first-order valence-corrected chi connectivity index (χ1v) is 7.83. The lowest BCUT2D eigenvalue weighted by molar-refractivity contribution is -0.145. The number of likely N-dealkylation sites (N-methyl/N-ethyl adjacent to an activating group) is 1. The van der Waals surface area contributed by atoms with Crippen molar-refractivity contribution in [2.45, 2.75) is 70.2 Å². The van der Waals surface area contributed by atoms with Crippen LogP contribution in [0.2, 0.25) is 0 Å². The van der Waals surface area contributed by atoms with E-state index in [9.17, 15) is 9.90 Å². The average Bonchev–Trinajstić information content (AvgIpc) is 2.86. The highest BCUT2D eigenvalue weighted by Crippen LogP contribution is 2.32. The fourth-order valence-corrected chi connectivity index (χ4v) is 3.84. The summed E-state index contributed by atoms with van der Waals surface area (Å²) in [6, 6.07) is 0.739. The van der Waals surface area contributed by atoms with Gasteiger partial charge in [-0.2, -0.15) is 0 Å². The SMILES string of the molecule is CCNC(C)(CC(C)N1CCOC2CCCC21)C(=O)O. The first-order valence-electron chi connectivity index (χ1n) is 7.83. The summed E-state index contributed by atoms with van der Waals surface area (Å²) in [5.41, 5.74) is -0.847. The molecule has 2 N–H and O–H groups in total. The van der Waals surface area contributed by atoms with E-state index in [0.717, 1.165) is 19.6 Å². The van der Waals surface area contributed by atoms with Gasteiger partial charge in [0.05, 0.1) is 12.7 Å². The van der Waals surface area contributed by atoms with Crippen LogP contribution in [0.1, 0.15) is 46.5 Å². The third-order valence-electron chi connectivity index (χ3n) is 4.83. The highest BCUT2D eigenvalue weighted by atomic mass is 16.5. The zero-order chi connectivity index (χ0) is 14.8. The van der Waals surface area contributed by atoms with E-state index >= 15 is 0 Å². The molecule has 116 valence electrons. The summed E-state index contributed by atoms with van der Waals surface area (Å²) in [6.45, 7) is 8.26. The van der Waals surface area contributed by atoms with Crippen molar-refractivity contribution in [1.82, 2.24) is 10.2 Å². The molecule has 0 spiro atoms. The van der Waals surface area contributed by atoms with Gasteiger partial charge in [-0.1, -0.05) is 6.92 Å². The molecule has 0 aromatic heterocycles. The van der Waals surface area contributed by atoms with Crippen molar-refractivity contribution >= 4 is 5.97 Å². The van der Waals surface area contributed by atoms with Gasteiger partial charge in [-0.15, -0.1) is 0 Å². The Morgan fingerprint density at radius 3 is 2.95 bits per heavy atom. The fourth-order valence-electron chi connectivity index (χ4n) is 3.84. The highest BCUT2D eigenvalue weighted by molar-refractivity contribution is 5.78. The molecule has 2 aliphatic rings. The second-order valence-electron chi connectivity index (χ2n) is 6.37. The normalized spacial score (nSPS) is 31.6. The van der Waals surface area contributed by atoms with Crippen LogP contribution in [0.25, 0.3) is 0 Å². The van der Waals surface area contributed by atoms with Gasteiger partial charge >= 0.3 is 5.97 Å². The summed E-state index contributed by atoms with van der Waals surface area (Å²) in [7, 11) is 0. The predicted molar refractivity (Wildman–Crippen MR) is 77.9 cm³/mol. The van der Waals surface area contributed by atoms with Gasteiger partial charge in [-0.3, -0.25) is 9.69 Å². The molecule has 1 saturated heterocycles. The molecule has 5 nitrogen and oxygen atoms in total. The molecule has 1 aliphatic heterocycles.